The molecule has 0 atom stereocenters. The molecule has 2 N–H and O–H groups in total. The quantitative estimate of drug-likeness (QED) is 0.658. The predicted molar refractivity (Wildman–Crippen MR) is 102 cm³/mol. The summed E-state index contributed by atoms with van der Waals surface area (Å²) in [6.45, 7) is 0.600. The molecule has 1 aromatic heterocycles. The predicted octanol–water partition coefficient (Wildman–Crippen LogP) is 4.44. The van der Waals surface area contributed by atoms with Crippen LogP contribution < -0.4 is 10.6 Å². The average molecular weight is 378 g/mol. The number of nitrogens with zero attached hydrogens (tertiary/aromatic N) is 3. The Bertz CT molecular complexity index is 830. The minimum atomic E-state index is 0.404. The number of benzene rings is 2. The topological polar surface area (TPSA) is 54.8 Å². The number of anilines is 2. The normalized spacial score (nSPS) is 10.4. The molecule has 0 aliphatic carbocycles. The molecule has 24 heavy (non-hydrogen) atoms. The zero-order valence-corrected chi connectivity index (χ0v) is 14.7. The van der Waals surface area contributed by atoms with Gasteiger partial charge in [-0.2, -0.15) is 0 Å². The SMILES string of the molecule is S=C(Nc1ccc(Cl)cc1)Nc1ncn(Cc2ccc(Cl)cc2)n1. The molecule has 0 saturated heterocycles. The van der Waals surface area contributed by atoms with Crippen molar-refractivity contribution in [3.63, 3.8) is 0 Å². The van der Waals surface area contributed by atoms with E-state index in [0.717, 1.165) is 11.3 Å². The molecule has 2 aromatic carbocycles. The molecule has 0 saturated carbocycles. The Kier molecular flexibility index (Phi) is 5.30. The van der Waals surface area contributed by atoms with Crippen molar-refractivity contribution >= 4 is 52.2 Å². The summed E-state index contributed by atoms with van der Waals surface area (Å²) in [5.74, 6) is 0.426. The standard InChI is InChI=1S/C16H13Cl2N5S/c17-12-3-1-11(2-4-12)9-23-10-19-15(22-23)21-16(24)20-14-7-5-13(18)6-8-14/h1-8,10H,9H2,(H2,20,21,22,24). The van der Waals surface area contributed by atoms with E-state index in [1.165, 1.54) is 0 Å². The van der Waals surface area contributed by atoms with E-state index >= 15 is 0 Å². The molecule has 0 spiro atoms. The molecule has 0 amide bonds. The molecule has 0 unspecified atom stereocenters. The Hall–Kier alpha value is -2.15. The molecule has 122 valence electrons. The van der Waals surface area contributed by atoms with Crippen LogP contribution in [0.3, 0.4) is 0 Å². The summed E-state index contributed by atoms with van der Waals surface area (Å²) in [4.78, 5) is 4.19. The van der Waals surface area contributed by atoms with Crippen LogP contribution in [0.1, 0.15) is 5.56 Å². The van der Waals surface area contributed by atoms with Crippen molar-refractivity contribution in [1.82, 2.24) is 14.8 Å². The van der Waals surface area contributed by atoms with Gasteiger partial charge in [-0.1, -0.05) is 35.3 Å². The van der Waals surface area contributed by atoms with Crippen LogP contribution in [0.4, 0.5) is 11.6 Å². The monoisotopic (exact) mass is 377 g/mol. The van der Waals surface area contributed by atoms with E-state index < -0.39 is 0 Å². The van der Waals surface area contributed by atoms with Crippen LogP contribution in [0, 0.1) is 0 Å². The molecule has 1 heterocycles. The second-order valence-electron chi connectivity index (χ2n) is 4.98. The van der Waals surface area contributed by atoms with Gasteiger partial charge >= 0.3 is 0 Å². The third-order valence-electron chi connectivity index (χ3n) is 3.12. The van der Waals surface area contributed by atoms with Crippen LogP contribution in [0.15, 0.2) is 54.9 Å². The van der Waals surface area contributed by atoms with Crippen LogP contribution in [0.25, 0.3) is 0 Å². The van der Waals surface area contributed by atoms with Crippen LogP contribution in [-0.4, -0.2) is 19.9 Å². The van der Waals surface area contributed by atoms with E-state index in [1.54, 1.807) is 23.1 Å². The van der Waals surface area contributed by atoms with Gasteiger partial charge in [0.25, 0.3) is 0 Å². The Morgan fingerprint density at radius 1 is 0.958 bits per heavy atom. The van der Waals surface area contributed by atoms with Gasteiger partial charge in [-0.05, 0) is 54.2 Å². The van der Waals surface area contributed by atoms with Crippen molar-refractivity contribution in [2.75, 3.05) is 10.6 Å². The lowest BCUT2D eigenvalue weighted by molar-refractivity contribution is 0.687. The van der Waals surface area contributed by atoms with Gasteiger partial charge in [0.2, 0.25) is 5.95 Å². The van der Waals surface area contributed by atoms with Gasteiger partial charge < -0.3 is 5.32 Å². The van der Waals surface area contributed by atoms with Crippen molar-refractivity contribution in [2.24, 2.45) is 0 Å². The van der Waals surface area contributed by atoms with Crippen molar-refractivity contribution in [3.05, 3.63) is 70.5 Å². The van der Waals surface area contributed by atoms with Crippen molar-refractivity contribution in [3.8, 4) is 0 Å². The first-order valence-corrected chi connectivity index (χ1v) is 8.22. The van der Waals surface area contributed by atoms with Gasteiger partial charge in [0.05, 0.1) is 6.54 Å². The summed E-state index contributed by atoms with van der Waals surface area (Å²) >= 11 is 17.0. The zero-order chi connectivity index (χ0) is 16.9. The van der Waals surface area contributed by atoms with Crippen LogP contribution >= 0.6 is 35.4 Å². The fraction of sp³-hybridized carbons (Fsp3) is 0.0625. The molecule has 3 aromatic rings. The highest BCUT2D eigenvalue weighted by atomic mass is 35.5. The summed E-state index contributed by atoms with van der Waals surface area (Å²) in [5.41, 5.74) is 1.91. The van der Waals surface area contributed by atoms with E-state index in [4.69, 9.17) is 35.4 Å². The van der Waals surface area contributed by atoms with Crippen LogP contribution in [0.2, 0.25) is 10.0 Å². The molecule has 0 aliphatic heterocycles. The second-order valence-corrected chi connectivity index (χ2v) is 6.26. The summed E-state index contributed by atoms with van der Waals surface area (Å²) in [7, 11) is 0. The first kappa shape index (κ1) is 16.7. The maximum atomic E-state index is 5.88. The molecule has 0 bridgehead atoms. The van der Waals surface area contributed by atoms with E-state index in [0.29, 0.717) is 27.7 Å². The second kappa shape index (κ2) is 7.61. The minimum Gasteiger partial charge on any atom is -0.332 e. The van der Waals surface area contributed by atoms with Crippen LogP contribution in [-0.2, 0) is 6.54 Å². The number of halogens is 2. The highest BCUT2D eigenvalue weighted by Crippen LogP contribution is 2.14. The van der Waals surface area contributed by atoms with Gasteiger partial charge in [0.15, 0.2) is 5.11 Å². The van der Waals surface area contributed by atoms with Gasteiger partial charge in [0, 0.05) is 15.7 Å². The molecule has 5 nitrogen and oxygen atoms in total. The molecule has 8 heteroatoms. The largest absolute Gasteiger partial charge is 0.332 e. The van der Waals surface area contributed by atoms with Gasteiger partial charge in [-0.15, -0.1) is 5.10 Å². The van der Waals surface area contributed by atoms with Gasteiger partial charge in [0.1, 0.15) is 6.33 Å². The fourth-order valence-electron chi connectivity index (χ4n) is 2.00. The number of hydrogen-bond acceptors (Lipinski definition) is 3. The molecular weight excluding hydrogens is 365 g/mol. The van der Waals surface area contributed by atoms with Gasteiger partial charge in [-0.3, -0.25) is 5.32 Å². The van der Waals surface area contributed by atoms with Crippen LogP contribution in [0.5, 0.6) is 0 Å². The summed E-state index contributed by atoms with van der Waals surface area (Å²) in [5, 5.41) is 12.1. The third kappa shape index (κ3) is 4.67. The number of hydrogen-bond donors (Lipinski definition) is 2. The fourth-order valence-corrected chi connectivity index (χ4v) is 2.46. The molecule has 0 fully saturated rings. The Labute approximate surface area is 154 Å². The minimum absolute atomic E-state index is 0.404. The Balaban J connectivity index is 1.58. The summed E-state index contributed by atoms with van der Waals surface area (Å²) < 4.78 is 1.72. The lowest BCUT2D eigenvalue weighted by Gasteiger charge is -2.07. The molecular formula is C16H13Cl2N5S. The molecule has 0 radical (unpaired) electrons. The lowest BCUT2D eigenvalue weighted by atomic mass is 10.2. The number of rotatable bonds is 4. The number of nitrogens with one attached hydrogen (secondary N) is 2. The van der Waals surface area contributed by atoms with E-state index in [2.05, 4.69) is 20.7 Å². The first-order valence-electron chi connectivity index (χ1n) is 7.06. The molecule has 3 rings (SSSR count). The van der Waals surface area contributed by atoms with E-state index in [-0.39, 0.29) is 0 Å². The maximum absolute atomic E-state index is 5.88. The smallest absolute Gasteiger partial charge is 0.248 e. The van der Waals surface area contributed by atoms with Crippen molar-refractivity contribution < 1.29 is 0 Å². The Morgan fingerprint density at radius 2 is 1.58 bits per heavy atom. The first-order chi connectivity index (χ1) is 11.6. The van der Waals surface area contributed by atoms with E-state index in [9.17, 15) is 0 Å². The average Bonchev–Trinajstić information content (AvgIpc) is 2.99. The third-order valence-corrected chi connectivity index (χ3v) is 3.83. The number of thiocarbonyl (C=S) groups is 1. The highest BCUT2D eigenvalue weighted by molar-refractivity contribution is 7.80. The molecule has 0 aliphatic rings. The van der Waals surface area contributed by atoms with Crippen molar-refractivity contribution in [1.29, 1.82) is 0 Å². The van der Waals surface area contributed by atoms with Gasteiger partial charge in [-0.25, -0.2) is 9.67 Å². The summed E-state index contributed by atoms with van der Waals surface area (Å²) in [6.07, 6.45) is 1.64. The lowest BCUT2D eigenvalue weighted by Crippen LogP contribution is -2.20. The Morgan fingerprint density at radius 3 is 2.25 bits per heavy atom. The zero-order valence-electron chi connectivity index (χ0n) is 12.4. The van der Waals surface area contributed by atoms with E-state index in [1.807, 2.05) is 36.4 Å². The highest BCUT2D eigenvalue weighted by Gasteiger charge is 2.05. The van der Waals surface area contributed by atoms with Crippen molar-refractivity contribution in [2.45, 2.75) is 6.54 Å². The number of aromatic nitrogens is 3. The maximum Gasteiger partial charge on any atom is 0.248 e. The summed E-state index contributed by atoms with van der Waals surface area (Å²) in [6, 6.07) is 14.8.